The lowest BCUT2D eigenvalue weighted by atomic mass is 9.75. The highest BCUT2D eigenvalue weighted by molar-refractivity contribution is 6.10. The summed E-state index contributed by atoms with van der Waals surface area (Å²) in [4.78, 5) is 0. The summed E-state index contributed by atoms with van der Waals surface area (Å²) in [5, 5.41) is 1.99. The van der Waals surface area contributed by atoms with Crippen molar-refractivity contribution >= 4 is 16.3 Å². The average Bonchev–Trinajstić information content (AvgIpc) is 3.06. The van der Waals surface area contributed by atoms with E-state index < -0.39 is 17.2 Å². The van der Waals surface area contributed by atoms with Gasteiger partial charge in [-0.15, -0.1) is 0 Å². The predicted octanol–water partition coefficient (Wildman–Crippen LogP) is 7.99. The van der Waals surface area contributed by atoms with Crippen LogP contribution in [-0.2, 0) is 11.6 Å². The Morgan fingerprint density at radius 3 is 2.15 bits per heavy atom. The molecule has 0 N–H and O–H groups in total. The average molecular weight is 442 g/mol. The number of benzene rings is 4. The lowest BCUT2D eigenvalue weighted by molar-refractivity contribution is -0.137. The van der Waals surface area contributed by atoms with Gasteiger partial charge in [-0.05, 0) is 50.9 Å². The van der Waals surface area contributed by atoms with E-state index in [4.69, 9.17) is 4.74 Å². The lowest BCUT2D eigenvalue weighted by Crippen LogP contribution is -2.20. The Hall–Kier alpha value is -3.53. The molecule has 4 aromatic carbocycles. The van der Waals surface area contributed by atoms with Crippen molar-refractivity contribution in [3.8, 4) is 16.9 Å². The van der Waals surface area contributed by atoms with E-state index in [1.165, 1.54) is 11.6 Å². The number of hydrogen-bond acceptors (Lipinski definition) is 1. The van der Waals surface area contributed by atoms with Crippen LogP contribution in [0.15, 0.2) is 78.9 Å². The van der Waals surface area contributed by atoms with E-state index in [-0.39, 0.29) is 12.2 Å². The fourth-order valence-electron chi connectivity index (χ4n) is 5.62. The second kappa shape index (κ2) is 6.74. The van der Waals surface area contributed by atoms with Crippen LogP contribution in [0, 0.1) is 0 Å². The lowest BCUT2D eigenvalue weighted by Gasteiger charge is -2.31. The van der Waals surface area contributed by atoms with E-state index in [1.54, 1.807) is 18.2 Å². The minimum atomic E-state index is -4.45. The van der Waals surface area contributed by atoms with Gasteiger partial charge in [-0.1, -0.05) is 80.6 Å². The number of fused-ring (bicyclic) bond motifs is 8. The largest absolute Gasteiger partial charge is 0.488 e. The molecule has 0 atom stereocenters. The van der Waals surface area contributed by atoms with Crippen molar-refractivity contribution in [2.24, 2.45) is 0 Å². The first-order valence-electron chi connectivity index (χ1n) is 11.0. The molecule has 4 aromatic rings. The molecule has 0 saturated carbocycles. The van der Waals surface area contributed by atoms with E-state index >= 15 is 0 Å². The zero-order valence-corrected chi connectivity index (χ0v) is 18.3. The zero-order chi connectivity index (χ0) is 23.0. The molecule has 164 valence electrons. The number of ether oxygens (including phenoxy) is 1. The topological polar surface area (TPSA) is 9.23 Å². The van der Waals surface area contributed by atoms with Crippen LogP contribution in [0.25, 0.3) is 27.5 Å². The van der Waals surface area contributed by atoms with Crippen molar-refractivity contribution in [2.45, 2.75) is 25.4 Å². The molecule has 4 heteroatoms. The molecular weight excluding hydrogens is 421 g/mol. The fourth-order valence-corrected chi connectivity index (χ4v) is 5.62. The number of halogens is 3. The van der Waals surface area contributed by atoms with Crippen molar-refractivity contribution in [2.75, 3.05) is 6.61 Å². The summed E-state index contributed by atoms with van der Waals surface area (Å²) in [7, 11) is 0. The third kappa shape index (κ3) is 2.73. The van der Waals surface area contributed by atoms with E-state index in [9.17, 15) is 13.2 Å². The molecule has 6 rings (SSSR count). The minimum Gasteiger partial charge on any atom is -0.488 e. The van der Waals surface area contributed by atoms with Crippen LogP contribution >= 0.6 is 0 Å². The minimum absolute atomic E-state index is 0.193. The molecule has 0 unspecified atom stereocenters. The summed E-state index contributed by atoms with van der Waals surface area (Å²) in [6.07, 6.45) is -2.66. The normalized spacial score (nSPS) is 16.0. The fraction of sp³-hybridized carbons (Fsp3) is 0.172. The van der Waals surface area contributed by atoms with Gasteiger partial charge in [0, 0.05) is 16.4 Å². The highest BCUT2D eigenvalue weighted by Crippen LogP contribution is 2.58. The summed E-state index contributed by atoms with van der Waals surface area (Å²) in [5.74, 6) is 0.666. The summed E-state index contributed by atoms with van der Waals surface area (Å²) in [5.41, 5.74) is 4.95. The number of hydrogen-bond donors (Lipinski definition) is 0. The van der Waals surface area contributed by atoms with Crippen molar-refractivity contribution in [1.29, 1.82) is 0 Å². The van der Waals surface area contributed by atoms with Crippen molar-refractivity contribution in [1.82, 2.24) is 0 Å². The Kier molecular flexibility index (Phi) is 4.10. The van der Waals surface area contributed by atoms with Crippen LogP contribution in [-0.4, -0.2) is 6.61 Å². The summed E-state index contributed by atoms with van der Waals surface area (Å²) >= 11 is 0. The van der Waals surface area contributed by atoms with E-state index in [2.05, 4.69) is 32.0 Å². The standard InChI is InChI=1S/C29H21F3O/c1-28(2)22-13-7-6-12-21(22)24-18-10-3-4-11-20(18)27-25(26(24)28)19(15-16-33-27)17-9-5-8-14-23(17)29(30,31)32/h3-15H,16H2,1-2H3. The highest BCUT2D eigenvalue weighted by Gasteiger charge is 2.43. The molecule has 2 aliphatic rings. The van der Waals surface area contributed by atoms with Gasteiger partial charge in [0.2, 0.25) is 0 Å². The molecule has 0 saturated heterocycles. The molecule has 1 heterocycles. The Bertz CT molecular complexity index is 1470. The monoisotopic (exact) mass is 442 g/mol. The van der Waals surface area contributed by atoms with Crippen LogP contribution in [0.2, 0.25) is 0 Å². The molecule has 0 aromatic heterocycles. The Morgan fingerprint density at radius 1 is 0.758 bits per heavy atom. The van der Waals surface area contributed by atoms with Crippen LogP contribution in [0.5, 0.6) is 5.75 Å². The summed E-state index contributed by atoms with van der Waals surface area (Å²) in [6, 6.07) is 22.1. The van der Waals surface area contributed by atoms with Gasteiger partial charge in [0.05, 0.1) is 5.56 Å². The third-order valence-corrected chi connectivity index (χ3v) is 6.97. The zero-order valence-electron chi connectivity index (χ0n) is 18.3. The molecule has 1 aliphatic heterocycles. The second-order valence-electron chi connectivity index (χ2n) is 9.14. The van der Waals surface area contributed by atoms with Gasteiger partial charge in [0.1, 0.15) is 12.4 Å². The molecule has 0 fully saturated rings. The molecule has 0 spiro atoms. The van der Waals surface area contributed by atoms with Crippen LogP contribution in [0.1, 0.15) is 41.7 Å². The van der Waals surface area contributed by atoms with Crippen LogP contribution < -0.4 is 4.74 Å². The van der Waals surface area contributed by atoms with E-state index in [0.717, 1.165) is 39.1 Å². The van der Waals surface area contributed by atoms with Gasteiger partial charge >= 0.3 is 6.18 Å². The molecular formula is C29H21F3O. The van der Waals surface area contributed by atoms with Crippen molar-refractivity contribution in [3.63, 3.8) is 0 Å². The van der Waals surface area contributed by atoms with Crippen molar-refractivity contribution in [3.05, 3.63) is 107 Å². The van der Waals surface area contributed by atoms with Gasteiger partial charge in [-0.3, -0.25) is 0 Å². The Morgan fingerprint density at radius 2 is 1.39 bits per heavy atom. The van der Waals surface area contributed by atoms with Gasteiger partial charge in [0.25, 0.3) is 0 Å². The third-order valence-electron chi connectivity index (χ3n) is 6.97. The maximum absolute atomic E-state index is 14.0. The first-order chi connectivity index (χ1) is 15.8. The molecule has 1 aliphatic carbocycles. The summed E-state index contributed by atoms with van der Waals surface area (Å²) in [6.45, 7) is 4.52. The van der Waals surface area contributed by atoms with Gasteiger partial charge < -0.3 is 4.74 Å². The number of rotatable bonds is 1. The molecule has 1 nitrogen and oxygen atoms in total. The molecule has 0 radical (unpaired) electrons. The molecule has 0 bridgehead atoms. The van der Waals surface area contributed by atoms with E-state index in [0.29, 0.717) is 11.3 Å². The second-order valence-corrected chi connectivity index (χ2v) is 9.14. The molecule has 33 heavy (non-hydrogen) atoms. The predicted molar refractivity (Wildman–Crippen MR) is 126 cm³/mol. The maximum atomic E-state index is 14.0. The molecule has 0 amide bonds. The SMILES string of the molecule is CC1(C)c2ccccc2-c2c1c1c(c3ccccc23)OCC=C1c1ccccc1C(F)(F)F. The van der Waals surface area contributed by atoms with Crippen LogP contribution in [0.3, 0.4) is 0 Å². The first kappa shape index (κ1) is 20.1. The summed E-state index contributed by atoms with van der Waals surface area (Å²) < 4.78 is 48.2. The Balaban J connectivity index is 1.77. The highest BCUT2D eigenvalue weighted by atomic mass is 19.4. The first-order valence-corrected chi connectivity index (χ1v) is 11.0. The van der Waals surface area contributed by atoms with Crippen molar-refractivity contribution < 1.29 is 17.9 Å². The Labute approximate surface area is 190 Å². The van der Waals surface area contributed by atoms with E-state index in [1.807, 2.05) is 30.3 Å². The van der Waals surface area contributed by atoms with Gasteiger partial charge in [-0.2, -0.15) is 13.2 Å². The maximum Gasteiger partial charge on any atom is 0.417 e. The quantitative estimate of drug-likeness (QED) is 0.290. The number of alkyl halides is 3. The van der Waals surface area contributed by atoms with Gasteiger partial charge in [0.15, 0.2) is 0 Å². The smallest absolute Gasteiger partial charge is 0.417 e. The van der Waals surface area contributed by atoms with Gasteiger partial charge in [-0.25, -0.2) is 0 Å². The van der Waals surface area contributed by atoms with Crippen LogP contribution in [0.4, 0.5) is 13.2 Å².